The molecule has 154 valence electrons. The van der Waals surface area contributed by atoms with Crippen LogP contribution in [0.15, 0.2) is 72.9 Å². The van der Waals surface area contributed by atoms with E-state index in [-0.39, 0.29) is 17.8 Å². The van der Waals surface area contributed by atoms with Gasteiger partial charge in [-0.3, -0.25) is 14.7 Å². The van der Waals surface area contributed by atoms with Gasteiger partial charge in [0.25, 0.3) is 5.91 Å². The molecule has 1 unspecified atom stereocenters. The maximum Gasteiger partial charge on any atom is 0.251 e. The number of carbonyl (C=O) groups is 1. The number of morpholine rings is 1. The molecular formula is C24H24FN3O2. The van der Waals surface area contributed by atoms with Gasteiger partial charge in [-0.05, 0) is 47.5 Å². The zero-order valence-electron chi connectivity index (χ0n) is 16.6. The van der Waals surface area contributed by atoms with E-state index in [9.17, 15) is 9.18 Å². The Morgan fingerprint density at radius 3 is 2.57 bits per heavy atom. The van der Waals surface area contributed by atoms with Crippen molar-refractivity contribution in [2.24, 2.45) is 0 Å². The second kappa shape index (κ2) is 9.61. The number of carbonyl (C=O) groups excluding carboxylic acids is 1. The highest BCUT2D eigenvalue weighted by atomic mass is 19.1. The molecule has 1 aliphatic heterocycles. The summed E-state index contributed by atoms with van der Waals surface area (Å²) in [5, 5.41) is 3.06. The molecule has 1 aliphatic rings. The lowest BCUT2D eigenvalue weighted by molar-refractivity contribution is 0.0154. The Morgan fingerprint density at radius 1 is 1.03 bits per heavy atom. The molecule has 5 nitrogen and oxygen atoms in total. The summed E-state index contributed by atoms with van der Waals surface area (Å²) >= 11 is 0. The van der Waals surface area contributed by atoms with Crippen molar-refractivity contribution >= 4 is 5.91 Å². The van der Waals surface area contributed by atoms with Crippen molar-refractivity contribution in [3.05, 3.63) is 90.0 Å². The molecule has 1 fully saturated rings. The van der Waals surface area contributed by atoms with E-state index in [2.05, 4.69) is 15.2 Å². The minimum Gasteiger partial charge on any atom is -0.379 e. The van der Waals surface area contributed by atoms with Gasteiger partial charge in [0, 0.05) is 31.4 Å². The van der Waals surface area contributed by atoms with Crippen LogP contribution in [0.3, 0.4) is 0 Å². The summed E-state index contributed by atoms with van der Waals surface area (Å²) in [6, 6.07) is 19.4. The lowest BCUT2D eigenvalue weighted by Crippen LogP contribution is -2.44. The number of nitrogens with zero attached hydrogens (tertiary/aromatic N) is 2. The van der Waals surface area contributed by atoms with Crippen LogP contribution >= 0.6 is 0 Å². The number of pyridine rings is 1. The van der Waals surface area contributed by atoms with Gasteiger partial charge in [-0.15, -0.1) is 0 Å². The van der Waals surface area contributed by atoms with Crippen LogP contribution in [0.1, 0.15) is 22.1 Å². The van der Waals surface area contributed by atoms with Crippen molar-refractivity contribution in [1.29, 1.82) is 0 Å². The van der Waals surface area contributed by atoms with Crippen LogP contribution in [0.5, 0.6) is 0 Å². The van der Waals surface area contributed by atoms with Crippen LogP contribution in [-0.2, 0) is 4.74 Å². The Hall–Kier alpha value is -3.09. The normalized spacial score (nSPS) is 15.5. The second-order valence-corrected chi connectivity index (χ2v) is 7.22. The first-order valence-corrected chi connectivity index (χ1v) is 10.1. The zero-order valence-corrected chi connectivity index (χ0v) is 16.6. The molecule has 0 aliphatic carbocycles. The first-order valence-electron chi connectivity index (χ1n) is 10.1. The summed E-state index contributed by atoms with van der Waals surface area (Å²) in [4.78, 5) is 19.7. The summed E-state index contributed by atoms with van der Waals surface area (Å²) in [6.45, 7) is 3.42. The SMILES string of the molecule is O=C(NCC(c1ccccn1)N1CCOCC1)c1cccc(-c2ccc(F)cc2)c1. The number of ether oxygens (including phenoxy) is 1. The largest absolute Gasteiger partial charge is 0.379 e. The summed E-state index contributed by atoms with van der Waals surface area (Å²) in [7, 11) is 0. The molecule has 2 heterocycles. The maximum absolute atomic E-state index is 13.2. The van der Waals surface area contributed by atoms with E-state index in [1.165, 1.54) is 12.1 Å². The van der Waals surface area contributed by atoms with Crippen molar-refractivity contribution in [2.45, 2.75) is 6.04 Å². The molecule has 6 heteroatoms. The smallest absolute Gasteiger partial charge is 0.251 e. The van der Waals surface area contributed by atoms with Crippen LogP contribution in [-0.4, -0.2) is 48.6 Å². The third-order valence-electron chi connectivity index (χ3n) is 5.27. The van der Waals surface area contributed by atoms with Gasteiger partial charge in [-0.25, -0.2) is 4.39 Å². The van der Waals surface area contributed by atoms with Crippen molar-refractivity contribution in [2.75, 3.05) is 32.8 Å². The van der Waals surface area contributed by atoms with Crippen LogP contribution in [0.4, 0.5) is 4.39 Å². The van der Waals surface area contributed by atoms with Gasteiger partial charge in [0.2, 0.25) is 0 Å². The van der Waals surface area contributed by atoms with E-state index < -0.39 is 0 Å². The van der Waals surface area contributed by atoms with Gasteiger partial charge in [0.15, 0.2) is 0 Å². The second-order valence-electron chi connectivity index (χ2n) is 7.22. The van der Waals surface area contributed by atoms with E-state index in [1.54, 1.807) is 24.4 Å². The van der Waals surface area contributed by atoms with Gasteiger partial charge in [0.05, 0.1) is 24.9 Å². The number of hydrogen-bond donors (Lipinski definition) is 1. The fourth-order valence-electron chi connectivity index (χ4n) is 3.66. The van der Waals surface area contributed by atoms with Gasteiger partial charge in [-0.1, -0.05) is 30.3 Å². The maximum atomic E-state index is 13.2. The Labute approximate surface area is 175 Å². The molecule has 4 rings (SSSR count). The van der Waals surface area contributed by atoms with Crippen molar-refractivity contribution < 1.29 is 13.9 Å². The van der Waals surface area contributed by atoms with Crippen LogP contribution in [0.25, 0.3) is 11.1 Å². The number of hydrogen-bond acceptors (Lipinski definition) is 4. The molecule has 1 atom stereocenters. The first-order chi connectivity index (χ1) is 14.7. The molecule has 2 aromatic carbocycles. The number of aromatic nitrogens is 1. The van der Waals surface area contributed by atoms with E-state index in [1.807, 2.05) is 36.4 Å². The molecule has 1 aromatic heterocycles. The van der Waals surface area contributed by atoms with Crippen LogP contribution in [0, 0.1) is 5.82 Å². The molecule has 0 radical (unpaired) electrons. The Kier molecular flexibility index (Phi) is 6.47. The average molecular weight is 405 g/mol. The highest BCUT2D eigenvalue weighted by molar-refractivity contribution is 5.95. The molecule has 1 amide bonds. The van der Waals surface area contributed by atoms with E-state index in [4.69, 9.17) is 4.74 Å². The predicted molar refractivity (Wildman–Crippen MR) is 114 cm³/mol. The topological polar surface area (TPSA) is 54.5 Å². The minimum absolute atomic E-state index is 0.0145. The Balaban J connectivity index is 1.48. The van der Waals surface area contributed by atoms with Gasteiger partial charge in [0.1, 0.15) is 5.82 Å². The van der Waals surface area contributed by atoms with E-state index >= 15 is 0 Å². The van der Waals surface area contributed by atoms with Gasteiger partial charge >= 0.3 is 0 Å². The van der Waals surface area contributed by atoms with Gasteiger partial charge < -0.3 is 10.1 Å². The van der Waals surface area contributed by atoms with Crippen LogP contribution in [0.2, 0.25) is 0 Å². The number of benzene rings is 2. The summed E-state index contributed by atoms with van der Waals surface area (Å²) in [6.07, 6.45) is 1.77. The molecule has 1 N–H and O–H groups in total. The molecular weight excluding hydrogens is 381 g/mol. The lowest BCUT2D eigenvalue weighted by Gasteiger charge is -2.34. The van der Waals surface area contributed by atoms with Crippen molar-refractivity contribution in [1.82, 2.24) is 15.2 Å². The van der Waals surface area contributed by atoms with Gasteiger partial charge in [-0.2, -0.15) is 0 Å². The molecule has 0 saturated carbocycles. The fraction of sp³-hybridized carbons (Fsp3) is 0.250. The monoisotopic (exact) mass is 405 g/mol. The van der Waals surface area contributed by atoms with E-state index in [0.717, 1.165) is 29.9 Å². The number of rotatable bonds is 6. The lowest BCUT2D eigenvalue weighted by atomic mass is 10.0. The number of nitrogens with one attached hydrogen (secondary N) is 1. The summed E-state index contributed by atoms with van der Waals surface area (Å²) in [5.41, 5.74) is 3.24. The fourth-order valence-corrected chi connectivity index (χ4v) is 3.66. The number of halogens is 1. The summed E-state index contributed by atoms with van der Waals surface area (Å²) < 4.78 is 18.7. The molecule has 0 spiro atoms. The first kappa shape index (κ1) is 20.2. The standard InChI is InChI=1S/C24H24FN3O2/c25-21-9-7-18(8-10-21)19-4-3-5-20(16-19)24(29)27-17-23(22-6-1-2-11-26-22)28-12-14-30-15-13-28/h1-11,16,23H,12-15,17H2,(H,27,29). The Bertz CT molecular complexity index is 973. The zero-order chi connectivity index (χ0) is 20.8. The Morgan fingerprint density at radius 2 is 1.83 bits per heavy atom. The third-order valence-corrected chi connectivity index (χ3v) is 5.27. The highest BCUT2D eigenvalue weighted by Gasteiger charge is 2.24. The minimum atomic E-state index is -0.281. The quantitative estimate of drug-likeness (QED) is 0.680. The predicted octanol–water partition coefficient (Wildman–Crippen LogP) is 3.69. The average Bonchev–Trinajstić information content (AvgIpc) is 2.81. The molecule has 3 aromatic rings. The number of amides is 1. The molecule has 0 bridgehead atoms. The van der Waals surface area contributed by atoms with Crippen molar-refractivity contribution in [3.63, 3.8) is 0 Å². The highest BCUT2D eigenvalue weighted by Crippen LogP contribution is 2.22. The summed E-state index contributed by atoms with van der Waals surface area (Å²) in [5.74, 6) is -0.426. The molecule has 1 saturated heterocycles. The third kappa shape index (κ3) is 4.90. The molecule has 30 heavy (non-hydrogen) atoms. The van der Waals surface area contributed by atoms with Crippen molar-refractivity contribution in [3.8, 4) is 11.1 Å². The van der Waals surface area contributed by atoms with E-state index in [0.29, 0.717) is 25.3 Å². The van der Waals surface area contributed by atoms with Crippen LogP contribution < -0.4 is 5.32 Å².